The fraction of sp³-hybridized carbons (Fsp3) is 0.292. The molecule has 0 unspecified atom stereocenters. The normalized spacial score (nSPS) is 13.3. The van der Waals surface area contributed by atoms with Crippen LogP contribution in [0.1, 0.15) is 41.8 Å². The van der Waals surface area contributed by atoms with Gasteiger partial charge in [-0.05, 0) is 44.7 Å². The number of halogens is 3. The molecule has 3 heterocycles. The van der Waals surface area contributed by atoms with Crippen LogP contribution >= 0.6 is 11.6 Å². The van der Waals surface area contributed by atoms with Gasteiger partial charge in [-0.15, -0.1) is 0 Å². The first-order valence-corrected chi connectivity index (χ1v) is 11.4. The summed E-state index contributed by atoms with van der Waals surface area (Å²) in [7, 11) is 0. The lowest BCUT2D eigenvalue weighted by Gasteiger charge is -2.11. The zero-order chi connectivity index (χ0) is 24.7. The molecule has 1 fully saturated rings. The van der Waals surface area contributed by atoms with Crippen molar-refractivity contribution in [3.8, 4) is 23.1 Å². The van der Waals surface area contributed by atoms with Crippen LogP contribution in [-0.2, 0) is 6.54 Å². The average Bonchev–Trinajstić information content (AvgIpc) is 3.56. The summed E-state index contributed by atoms with van der Waals surface area (Å²) < 4.78 is 30.3. The lowest BCUT2D eigenvalue weighted by Crippen LogP contribution is -2.09. The van der Waals surface area contributed by atoms with Gasteiger partial charge < -0.3 is 5.32 Å². The van der Waals surface area contributed by atoms with Crippen molar-refractivity contribution in [3.05, 3.63) is 64.2 Å². The fourth-order valence-electron chi connectivity index (χ4n) is 3.91. The summed E-state index contributed by atoms with van der Waals surface area (Å²) in [6.07, 6.45) is 0.777. The van der Waals surface area contributed by atoms with E-state index in [1.54, 1.807) is 25.1 Å². The molecule has 0 atom stereocenters. The molecular formula is C24H21ClF2N8. The number of alkyl halides is 2. The van der Waals surface area contributed by atoms with E-state index < -0.39 is 12.1 Å². The first-order chi connectivity index (χ1) is 16.9. The predicted molar refractivity (Wildman–Crippen MR) is 127 cm³/mol. The quantitative estimate of drug-likeness (QED) is 0.351. The highest BCUT2D eigenvalue weighted by Gasteiger charge is 2.26. The molecule has 0 bridgehead atoms. The molecule has 0 spiro atoms. The van der Waals surface area contributed by atoms with Gasteiger partial charge in [-0.1, -0.05) is 23.7 Å². The van der Waals surface area contributed by atoms with E-state index in [0.29, 0.717) is 23.0 Å². The summed E-state index contributed by atoms with van der Waals surface area (Å²) in [5.74, 6) is 1.90. The highest BCUT2D eigenvalue weighted by Crippen LogP contribution is 2.36. The summed E-state index contributed by atoms with van der Waals surface area (Å²) in [4.78, 5) is 8.41. The number of benzene rings is 1. The molecule has 1 saturated carbocycles. The molecule has 5 rings (SSSR count). The Morgan fingerprint density at radius 1 is 1.17 bits per heavy atom. The van der Waals surface area contributed by atoms with Crippen molar-refractivity contribution in [2.45, 2.75) is 39.7 Å². The van der Waals surface area contributed by atoms with Gasteiger partial charge >= 0.3 is 0 Å². The van der Waals surface area contributed by atoms with E-state index in [1.165, 1.54) is 6.33 Å². The van der Waals surface area contributed by atoms with Crippen LogP contribution in [-0.4, -0.2) is 29.5 Å². The number of hydrogen-bond donors (Lipinski definition) is 1. The van der Waals surface area contributed by atoms with Gasteiger partial charge in [0.25, 0.3) is 6.43 Å². The van der Waals surface area contributed by atoms with Crippen molar-refractivity contribution in [1.82, 2.24) is 29.5 Å². The van der Waals surface area contributed by atoms with E-state index in [4.69, 9.17) is 22.0 Å². The zero-order valence-corrected chi connectivity index (χ0v) is 19.8. The van der Waals surface area contributed by atoms with Crippen molar-refractivity contribution in [2.75, 3.05) is 5.32 Å². The van der Waals surface area contributed by atoms with Gasteiger partial charge in [-0.25, -0.2) is 28.1 Å². The van der Waals surface area contributed by atoms with Crippen LogP contribution in [0, 0.1) is 31.1 Å². The minimum Gasteiger partial charge on any atom is -0.325 e. The van der Waals surface area contributed by atoms with Gasteiger partial charge in [-0.2, -0.15) is 15.5 Å². The highest BCUT2D eigenvalue weighted by molar-refractivity contribution is 6.31. The van der Waals surface area contributed by atoms with Crippen molar-refractivity contribution in [1.29, 1.82) is 5.26 Å². The molecule has 178 valence electrons. The summed E-state index contributed by atoms with van der Waals surface area (Å²) in [5, 5.41) is 21.3. The van der Waals surface area contributed by atoms with E-state index in [9.17, 15) is 8.78 Å². The lowest BCUT2D eigenvalue weighted by molar-refractivity contribution is 0.142. The van der Waals surface area contributed by atoms with Crippen molar-refractivity contribution >= 4 is 23.2 Å². The summed E-state index contributed by atoms with van der Waals surface area (Å²) in [6, 6.07) is 10.9. The number of hydrogen-bond acceptors (Lipinski definition) is 6. The van der Waals surface area contributed by atoms with E-state index in [0.717, 1.165) is 46.7 Å². The molecule has 0 saturated heterocycles. The van der Waals surface area contributed by atoms with Crippen LogP contribution in [0.2, 0.25) is 5.02 Å². The Hall–Kier alpha value is -3.84. The predicted octanol–water partition coefficient (Wildman–Crippen LogP) is 5.76. The Morgan fingerprint density at radius 2 is 1.91 bits per heavy atom. The monoisotopic (exact) mass is 494 g/mol. The highest BCUT2D eigenvalue weighted by atomic mass is 35.5. The summed E-state index contributed by atoms with van der Waals surface area (Å²) in [6.45, 7) is 4.27. The van der Waals surface area contributed by atoms with Crippen molar-refractivity contribution < 1.29 is 8.78 Å². The molecule has 1 aromatic carbocycles. The summed E-state index contributed by atoms with van der Waals surface area (Å²) >= 11 is 6.05. The van der Waals surface area contributed by atoms with E-state index in [-0.39, 0.29) is 10.8 Å². The Bertz CT molecular complexity index is 1430. The first kappa shape index (κ1) is 22.9. The summed E-state index contributed by atoms with van der Waals surface area (Å²) in [5.41, 5.74) is 3.05. The van der Waals surface area contributed by atoms with Gasteiger partial charge in [0.15, 0.2) is 5.82 Å². The maximum absolute atomic E-state index is 13.6. The molecule has 4 aromatic rings. The Balaban J connectivity index is 1.52. The number of nitrogens with zero attached hydrogens (tertiary/aromatic N) is 7. The number of nitriles is 1. The van der Waals surface area contributed by atoms with Crippen LogP contribution in [0.5, 0.6) is 0 Å². The molecule has 1 aliphatic carbocycles. The third-order valence-corrected chi connectivity index (χ3v) is 6.42. The average molecular weight is 495 g/mol. The molecule has 11 heteroatoms. The van der Waals surface area contributed by atoms with Gasteiger partial charge in [0.1, 0.15) is 23.7 Å². The second-order valence-electron chi connectivity index (χ2n) is 8.52. The van der Waals surface area contributed by atoms with Crippen molar-refractivity contribution in [3.63, 3.8) is 0 Å². The van der Waals surface area contributed by atoms with Gasteiger partial charge in [0, 0.05) is 23.7 Å². The Labute approximate surface area is 205 Å². The molecule has 0 radical (unpaired) electrons. The molecule has 1 N–H and O–H groups in total. The Morgan fingerprint density at radius 3 is 2.57 bits per heavy atom. The van der Waals surface area contributed by atoms with Crippen LogP contribution < -0.4 is 5.32 Å². The van der Waals surface area contributed by atoms with Gasteiger partial charge in [0.2, 0.25) is 0 Å². The molecule has 0 aliphatic heterocycles. The van der Waals surface area contributed by atoms with Crippen LogP contribution in [0.4, 0.5) is 20.4 Å². The second kappa shape index (κ2) is 9.07. The number of rotatable bonds is 7. The first-order valence-electron chi connectivity index (χ1n) is 11.1. The van der Waals surface area contributed by atoms with E-state index in [2.05, 4.69) is 26.5 Å². The van der Waals surface area contributed by atoms with Gasteiger partial charge in [-0.3, -0.25) is 0 Å². The van der Waals surface area contributed by atoms with Gasteiger partial charge in [0.05, 0.1) is 28.0 Å². The van der Waals surface area contributed by atoms with Crippen molar-refractivity contribution in [2.24, 2.45) is 5.92 Å². The molecule has 3 aromatic heterocycles. The van der Waals surface area contributed by atoms with Crippen LogP contribution in [0.3, 0.4) is 0 Å². The SMILES string of the molecule is Cc1nn(-c2cc(Nc3c(C)c(-c4ccc(C#N)cc4)nn3CC3CC3)ncn2)c(C(F)F)c1Cl. The smallest absolute Gasteiger partial charge is 0.282 e. The lowest BCUT2D eigenvalue weighted by atomic mass is 10.1. The fourth-order valence-corrected chi connectivity index (χ4v) is 4.11. The molecule has 8 nitrogen and oxygen atoms in total. The second-order valence-corrected chi connectivity index (χ2v) is 8.90. The largest absolute Gasteiger partial charge is 0.325 e. The van der Waals surface area contributed by atoms with E-state index in [1.807, 2.05) is 23.7 Å². The number of aromatic nitrogens is 6. The maximum atomic E-state index is 13.6. The maximum Gasteiger partial charge on any atom is 0.282 e. The minimum absolute atomic E-state index is 0.0847. The third kappa shape index (κ3) is 4.47. The number of nitrogens with one attached hydrogen (secondary N) is 1. The zero-order valence-electron chi connectivity index (χ0n) is 19.0. The van der Waals surface area contributed by atoms with Crippen LogP contribution in [0.25, 0.3) is 17.1 Å². The molecular weight excluding hydrogens is 474 g/mol. The van der Waals surface area contributed by atoms with E-state index >= 15 is 0 Å². The molecule has 35 heavy (non-hydrogen) atoms. The number of anilines is 2. The minimum atomic E-state index is -2.81. The molecule has 0 amide bonds. The standard InChI is InChI=1S/C24H21ClF2N8/c1-13-21(17-7-5-15(10-28)6-8-17)33-34(11-16-3-4-16)24(13)31-18-9-19(30-12-29-18)35-22(23(26)27)20(25)14(2)32-35/h5-9,12,16,23H,3-4,11H2,1-2H3,(H,29,30,31). The molecule has 1 aliphatic rings. The third-order valence-electron chi connectivity index (χ3n) is 5.95. The van der Waals surface area contributed by atoms with Crippen LogP contribution in [0.15, 0.2) is 36.7 Å². The topological polar surface area (TPSA) is 97.2 Å². The Kier molecular flexibility index (Phi) is 5.94. The number of aryl methyl sites for hydroxylation is 1.